The minimum atomic E-state index is -1.37. The summed E-state index contributed by atoms with van der Waals surface area (Å²) in [7, 11) is 0. The van der Waals surface area contributed by atoms with Crippen molar-refractivity contribution in [3.63, 3.8) is 0 Å². The molecule has 4 rings (SSSR count). The van der Waals surface area contributed by atoms with Crippen LogP contribution in [-0.4, -0.2) is 74.1 Å². The van der Waals surface area contributed by atoms with E-state index in [2.05, 4.69) is 20.9 Å². The number of phenols is 1. The summed E-state index contributed by atoms with van der Waals surface area (Å²) in [6, 6.07) is 17.0. The van der Waals surface area contributed by atoms with Gasteiger partial charge < -0.3 is 42.0 Å². The molecule has 0 radical (unpaired) electrons. The summed E-state index contributed by atoms with van der Waals surface area (Å²) in [6.07, 6.45) is 0.935. The third-order valence-corrected chi connectivity index (χ3v) is 7.64. The topological polar surface area (TPSA) is 224 Å². The van der Waals surface area contributed by atoms with Gasteiger partial charge in [0.05, 0.1) is 6.04 Å². The van der Waals surface area contributed by atoms with Gasteiger partial charge in [0.1, 0.15) is 23.9 Å². The van der Waals surface area contributed by atoms with Crippen molar-refractivity contribution in [3.8, 4) is 5.75 Å². The molecule has 246 valence electrons. The Hall–Kier alpha value is -5.69. The second-order valence-corrected chi connectivity index (χ2v) is 11.2. The zero-order chi connectivity index (χ0) is 33.9. The average molecular weight is 644 g/mol. The molecule has 4 aromatic rings. The van der Waals surface area contributed by atoms with E-state index >= 15 is 0 Å². The molecule has 1 heterocycles. The summed E-state index contributed by atoms with van der Waals surface area (Å²) in [4.78, 5) is 67.0. The molecular weight excluding hydrogens is 606 g/mol. The van der Waals surface area contributed by atoms with Crippen molar-refractivity contribution in [2.75, 3.05) is 0 Å². The van der Waals surface area contributed by atoms with E-state index < -0.39 is 60.2 Å². The zero-order valence-corrected chi connectivity index (χ0v) is 25.4. The van der Waals surface area contributed by atoms with Gasteiger partial charge in [-0.25, -0.2) is 4.79 Å². The lowest BCUT2D eigenvalue weighted by molar-refractivity contribution is -0.142. The highest BCUT2D eigenvalue weighted by Crippen LogP contribution is 2.20. The van der Waals surface area contributed by atoms with E-state index in [1.807, 2.05) is 24.3 Å². The molecule has 9 N–H and O–H groups in total. The Bertz CT molecular complexity index is 1710. The van der Waals surface area contributed by atoms with Crippen LogP contribution in [0.3, 0.4) is 0 Å². The van der Waals surface area contributed by atoms with Crippen LogP contribution in [0.15, 0.2) is 85.1 Å². The van der Waals surface area contributed by atoms with Crippen LogP contribution in [-0.2, 0) is 43.2 Å². The van der Waals surface area contributed by atoms with Gasteiger partial charge in [-0.3, -0.25) is 19.2 Å². The minimum absolute atomic E-state index is 0.00806. The lowest BCUT2D eigenvalue weighted by Gasteiger charge is -2.25. The van der Waals surface area contributed by atoms with E-state index in [9.17, 15) is 39.3 Å². The molecule has 4 atom stereocenters. The molecule has 3 aromatic carbocycles. The number of carbonyl (C=O) groups excluding carboxylic acids is 3. The predicted octanol–water partition coefficient (Wildman–Crippen LogP) is 1.63. The monoisotopic (exact) mass is 643 g/mol. The molecule has 47 heavy (non-hydrogen) atoms. The highest BCUT2D eigenvalue weighted by Gasteiger charge is 2.31. The molecule has 3 amide bonds. The molecule has 0 aliphatic carbocycles. The van der Waals surface area contributed by atoms with Crippen LogP contribution in [0.25, 0.3) is 10.9 Å². The normalized spacial score (nSPS) is 13.6. The van der Waals surface area contributed by atoms with Crippen LogP contribution in [0.4, 0.5) is 0 Å². The molecule has 0 spiro atoms. The van der Waals surface area contributed by atoms with Gasteiger partial charge in [-0.1, -0.05) is 60.7 Å². The standard InChI is InChI=1S/C34H37N5O8/c35-25(16-21-10-12-23(40)13-11-21)31(43)37-27(14-15-30(41)42)32(44)38-28(18-22-19-36-26-9-5-4-8-24(22)26)33(45)39-29(34(46)47)17-20-6-2-1-3-7-20/h1-13,19,25,27-29,36,40H,14-18,35H2,(H,37,43)(H,38,44)(H,39,45)(H,41,42)(H,46,47). The third kappa shape index (κ3) is 9.90. The van der Waals surface area contributed by atoms with Crippen molar-refractivity contribution in [3.05, 3.63) is 102 Å². The number of aromatic amines is 1. The molecule has 1 aromatic heterocycles. The smallest absolute Gasteiger partial charge is 0.326 e. The predicted molar refractivity (Wildman–Crippen MR) is 172 cm³/mol. The molecular formula is C34H37N5O8. The number of para-hydroxylation sites is 1. The van der Waals surface area contributed by atoms with Gasteiger partial charge in [0.2, 0.25) is 17.7 Å². The van der Waals surface area contributed by atoms with Gasteiger partial charge in [-0.05, 0) is 47.7 Å². The van der Waals surface area contributed by atoms with Crippen LogP contribution in [0.5, 0.6) is 5.75 Å². The zero-order valence-electron chi connectivity index (χ0n) is 25.4. The van der Waals surface area contributed by atoms with Gasteiger partial charge in [0.15, 0.2) is 0 Å². The van der Waals surface area contributed by atoms with Crippen LogP contribution >= 0.6 is 0 Å². The number of phenolic OH excluding ortho intramolecular Hbond substituents is 1. The number of rotatable bonds is 16. The van der Waals surface area contributed by atoms with Gasteiger partial charge in [-0.15, -0.1) is 0 Å². The van der Waals surface area contributed by atoms with E-state index in [-0.39, 0.29) is 31.4 Å². The number of carboxylic acids is 2. The number of H-pyrrole nitrogens is 1. The number of aromatic hydroxyl groups is 1. The van der Waals surface area contributed by atoms with Gasteiger partial charge in [0.25, 0.3) is 0 Å². The van der Waals surface area contributed by atoms with Crippen LogP contribution in [0.2, 0.25) is 0 Å². The van der Waals surface area contributed by atoms with Crippen molar-refractivity contribution >= 4 is 40.6 Å². The van der Waals surface area contributed by atoms with E-state index in [4.69, 9.17) is 5.73 Å². The molecule has 0 fully saturated rings. The SMILES string of the molecule is NC(Cc1ccc(O)cc1)C(=O)NC(CCC(=O)O)C(=O)NC(Cc1c[nH]c2ccccc12)C(=O)NC(Cc1ccccc1)C(=O)O. The van der Waals surface area contributed by atoms with Crippen molar-refractivity contribution in [2.45, 2.75) is 56.3 Å². The quantitative estimate of drug-likeness (QED) is 0.0887. The maximum Gasteiger partial charge on any atom is 0.326 e. The van der Waals surface area contributed by atoms with E-state index in [0.29, 0.717) is 16.7 Å². The molecule has 0 saturated carbocycles. The maximum atomic E-state index is 13.7. The highest BCUT2D eigenvalue weighted by molar-refractivity contribution is 5.95. The van der Waals surface area contributed by atoms with Crippen LogP contribution < -0.4 is 21.7 Å². The first-order valence-corrected chi connectivity index (χ1v) is 15.0. The number of hydrogen-bond acceptors (Lipinski definition) is 7. The Labute approximate surface area is 270 Å². The average Bonchev–Trinajstić information content (AvgIpc) is 3.46. The molecule has 0 bridgehead atoms. The van der Waals surface area contributed by atoms with Crippen molar-refractivity contribution in [1.82, 2.24) is 20.9 Å². The number of benzene rings is 3. The van der Waals surface area contributed by atoms with Gasteiger partial charge in [0, 0.05) is 36.4 Å². The van der Waals surface area contributed by atoms with E-state index in [1.54, 1.807) is 48.7 Å². The first-order valence-electron chi connectivity index (χ1n) is 15.0. The molecule has 0 aliphatic heterocycles. The summed E-state index contributed by atoms with van der Waals surface area (Å²) in [5.41, 5.74) is 8.86. The Morgan fingerprint density at radius 3 is 1.96 bits per heavy atom. The first kappa shape index (κ1) is 34.2. The van der Waals surface area contributed by atoms with Gasteiger partial charge >= 0.3 is 11.9 Å². The van der Waals surface area contributed by atoms with Gasteiger partial charge in [-0.2, -0.15) is 0 Å². The number of aromatic nitrogens is 1. The molecule has 0 saturated heterocycles. The Kier molecular flexibility index (Phi) is 11.7. The Morgan fingerprint density at radius 2 is 1.28 bits per heavy atom. The van der Waals surface area contributed by atoms with E-state index in [0.717, 1.165) is 10.9 Å². The van der Waals surface area contributed by atoms with Crippen molar-refractivity contribution < 1.29 is 39.3 Å². The summed E-state index contributed by atoms with van der Waals surface area (Å²) < 4.78 is 0. The second-order valence-electron chi connectivity index (χ2n) is 11.2. The number of hydrogen-bond donors (Lipinski definition) is 8. The second kappa shape index (κ2) is 16.0. The number of aliphatic carboxylic acids is 2. The third-order valence-electron chi connectivity index (χ3n) is 7.64. The molecule has 13 heteroatoms. The summed E-state index contributed by atoms with van der Waals surface area (Å²) in [5.74, 6) is -4.78. The Morgan fingerprint density at radius 1 is 0.681 bits per heavy atom. The minimum Gasteiger partial charge on any atom is -0.508 e. The number of carboxylic acid groups (broad SMARTS) is 2. The molecule has 4 unspecified atom stereocenters. The molecule has 0 aliphatic rings. The molecule has 13 nitrogen and oxygen atoms in total. The summed E-state index contributed by atoms with van der Waals surface area (Å²) >= 11 is 0. The number of nitrogens with two attached hydrogens (primary N) is 1. The Balaban J connectivity index is 1.55. The van der Waals surface area contributed by atoms with Crippen LogP contribution in [0, 0.1) is 0 Å². The lowest BCUT2D eigenvalue weighted by atomic mass is 10.0. The summed E-state index contributed by atoms with van der Waals surface area (Å²) in [6.45, 7) is 0. The highest BCUT2D eigenvalue weighted by atomic mass is 16.4. The van der Waals surface area contributed by atoms with Crippen molar-refractivity contribution in [2.24, 2.45) is 5.73 Å². The fourth-order valence-electron chi connectivity index (χ4n) is 5.12. The van der Waals surface area contributed by atoms with Crippen LogP contribution in [0.1, 0.15) is 29.5 Å². The maximum absolute atomic E-state index is 13.7. The number of nitrogens with one attached hydrogen (secondary N) is 4. The number of carbonyl (C=O) groups is 5. The lowest BCUT2D eigenvalue weighted by Crippen LogP contribution is -2.58. The fourth-order valence-corrected chi connectivity index (χ4v) is 5.12. The fraction of sp³-hybridized carbons (Fsp3) is 0.265. The largest absolute Gasteiger partial charge is 0.508 e. The summed E-state index contributed by atoms with van der Waals surface area (Å²) in [5, 5.41) is 37.1. The first-order chi connectivity index (χ1) is 22.5. The van der Waals surface area contributed by atoms with Crippen molar-refractivity contribution in [1.29, 1.82) is 0 Å². The number of fused-ring (bicyclic) bond motifs is 1. The van der Waals surface area contributed by atoms with E-state index in [1.165, 1.54) is 12.1 Å². The number of amides is 3.